The number of anilines is 1. The quantitative estimate of drug-likeness (QED) is 0.629. The lowest BCUT2D eigenvalue weighted by molar-refractivity contribution is -0.385. The van der Waals surface area contributed by atoms with E-state index < -0.39 is 4.92 Å². The summed E-state index contributed by atoms with van der Waals surface area (Å²) in [7, 11) is 0. The van der Waals surface area contributed by atoms with Gasteiger partial charge in [0.05, 0.1) is 22.2 Å². The number of hydrogen-bond donors (Lipinski definition) is 2. The molecule has 96 valence electrons. The van der Waals surface area contributed by atoms with Crippen molar-refractivity contribution in [2.24, 2.45) is 0 Å². The van der Waals surface area contributed by atoms with Crippen molar-refractivity contribution in [1.29, 1.82) is 0 Å². The molecule has 1 fully saturated rings. The summed E-state index contributed by atoms with van der Waals surface area (Å²) in [6.07, 6.45) is 1.78. The largest absolute Gasteiger partial charge is 0.324 e. The van der Waals surface area contributed by atoms with E-state index in [4.69, 9.17) is 0 Å². The lowest BCUT2D eigenvalue weighted by atomic mass is 10.1. The molecule has 1 heterocycles. The number of nitro groups is 1. The van der Waals surface area contributed by atoms with E-state index in [1.165, 1.54) is 6.07 Å². The fourth-order valence-corrected chi connectivity index (χ4v) is 2.08. The standard InChI is InChI=1S/C12H15N3O3/c1-8-9(4-2-6-11(8)15(17)18)14-12(16)10-5-3-7-13-10/h2,4,6,10,13H,3,5,7H2,1H3,(H,14,16). The van der Waals surface area contributed by atoms with Crippen LogP contribution in [0.15, 0.2) is 18.2 Å². The van der Waals surface area contributed by atoms with Gasteiger partial charge in [-0.1, -0.05) is 6.07 Å². The van der Waals surface area contributed by atoms with Crippen molar-refractivity contribution >= 4 is 17.3 Å². The maximum atomic E-state index is 11.9. The highest BCUT2D eigenvalue weighted by molar-refractivity contribution is 5.96. The fraction of sp³-hybridized carbons (Fsp3) is 0.417. The second kappa shape index (κ2) is 5.14. The van der Waals surface area contributed by atoms with Gasteiger partial charge in [-0.05, 0) is 32.4 Å². The first kappa shape index (κ1) is 12.5. The van der Waals surface area contributed by atoms with Gasteiger partial charge in [-0.2, -0.15) is 0 Å². The van der Waals surface area contributed by atoms with Gasteiger partial charge in [-0.3, -0.25) is 14.9 Å². The summed E-state index contributed by atoms with van der Waals surface area (Å²) in [5, 5.41) is 16.6. The van der Waals surface area contributed by atoms with E-state index in [2.05, 4.69) is 10.6 Å². The zero-order chi connectivity index (χ0) is 13.1. The van der Waals surface area contributed by atoms with Crippen LogP contribution in [0, 0.1) is 17.0 Å². The molecule has 1 aromatic rings. The number of carbonyl (C=O) groups excluding carboxylic acids is 1. The Morgan fingerprint density at radius 2 is 2.33 bits per heavy atom. The van der Waals surface area contributed by atoms with Gasteiger partial charge in [0.1, 0.15) is 0 Å². The number of nitrogens with one attached hydrogen (secondary N) is 2. The maximum absolute atomic E-state index is 11.9. The normalized spacial score (nSPS) is 18.6. The molecule has 2 N–H and O–H groups in total. The first-order valence-corrected chi connectivity index (χ1v) is 5.88. The Hall–Kier alpha value is -1.95. The molecule has 0 saturated carbocycles. The summed E-state index contributed by atoms with van der Waals surface area (Å²) < 4.78 is 0. The predicted octanol–water partition coefficient (Wildman–Crippen LogP) is 1.59. The van der Waals surface area contributed by atoms with E-state index in [0.29, 0.717) is 11.3 Å². The number of rotatable bonds is 3. The summed E-state index contributed by atoms with van der Waals surface area (Å²) in [5.74, 6) is -0.129. The van der Waals surface area contributed by atoms with Crippen LogP contribution in [-0.2, 0) is 4.79 Å². The maximum Gasteiger partial charge on any atom is 0.274 e. The molecular formula is C12H15N3O3. The molecule has 0 radical (unpaired) electrons. The van der Waals surface area contributed by atoms with Crippen LogP contribution in [0.1, 0.15) is 18.4 Å². The Labute approximate surface area is 105 Å². The van der Waals surface area contributed by atoms with E-state index in [1.807, 2.05) is 0 Å². The third-order valence-electron chi connectivity index (χ3n) is 3.14. The van der Waals surface area contributed by atoms with Crippen LogP contribution < -0.4 is 10.6 Å². The van der Waals surface area contributed by atoms with E-state index >= 15 is 0 Å². The minimum absolute atomic E-state index is 0.0205. The van der Waals surface area contributed by atoms with Crippen LogP contribution in [0.2, 0.25) is 0 Å². The molecule has 2 rings (SSSR count). The summed E-state index contributed by atoms with van der Waals surface area (Å²) in [6, 6.07) is 4.49. The van der Waals surface area contributed by atoms with Crippen LogP contribution >= 0.6 is 0 Å². The molecule has 1 amide bonds. The lowest BCUT2D eigenvalue weighted by Gasteiger charge is -2.12. The van der Waals surface area contributed by atoms with Gasteiger partial charge in [0.25, 0.3) is 5.69 Å². The molecule has 1 unspecified atom stereocenters. The molecule has 6 heteroatoms. The predicted molar refractivity (Wildman–Crippen MR) is 67.5 cm³/mol. The summed E-state index contributed by atoms with van der Waals surface area (Å²) >= 11 is 0. The number of nitrogens with zero attached hydrogens (tertiary/aromatic N) is 1. The highest BCUT2D eigenvalue weighted by Crippen LogP contribution is 2.25. The fourth-order valence-electron chi connectivity index (χ4n) is 2.08. The van der Waals surface area contributed by atoms with Crippen LogP contribution in [0.25, 0.3) is 0 Å². The average molecular weight is 249 g/mol. The van der Waals surface area contributed by atoms with Gasteiger partial charge in [-0.25, -0.2) is 0 Å². The number of amides is 1. The minimum Gasteiger partial charge on any atom is -0.324 e. The van der Waals surface area contributed by atoms with Gasteiger partial charge in [-0.15, -0.1) is 0 Å². The zero-order valence-electron chi connectivity index (χ0n) is 10.1. The third kappa shape index (κ3) is 2.48. The SMILES string of the molecule is Cc1c(NC(=O)C2CCCN2)cccc1[N+](=O)[O-]. The highest BCUT2D eigenvalue weighted by Gasteiger charge is 2.23. The Kier molecular flexibility index (Phi) is 3.57. The Morgan fingerprint density at radius 1 is 1.56 bits per heavy atom. The molecule has 6 nitrogen and oxygen atoms in total. The Morgan fingerprint density at radius 3 is 2.94 bits per heavy atom. The molecule has 1 saturated heterocycles. The highest BCUT2D eigenvalue weighted by atomic mass is 16.6. The number of nitro benzene ring substituents is 1. The van der Waals surface area contributed by atoms with Crippen LogP contribution in [0.5, 0.6) is 0 Å². The second-order valence-electron chi connectivity index (χ2n) is 4.34. The molecule has 1 aromatic carbocycles. The molecule has 0 aromatic heterocycles. The van der Waals surface area contributed by atoms with Gasteiger partial charge in [0.15, 0.2) is 0 Å². The average Bonchev–Trinajstić information content (AvgIpc) is 2.85. The third-order valence-corrected chi connectivity index (χ3v) is 3.14. The van der Waals surface area contributed by atoms with Crippen molar-refractivity contribution in [3.05, 3.63) is 33.9 Å². The lowest BCUT2D eigenvalue weighted by Crippen LogP contribution is -2.35. The number of carbonyl (C=O) groups is 1. The second-order valence-corrected chi connectivity index (χ2v) is 4.34. The molecule has 0 aliphatic carbocycles. The monoisotopic (exact) mass is 249 g/mol. The first-order valence-electron chi connectivity index (χ1n) is 5.88. The summed E-state index contributed by atoms with van der Waals surface area (Å²) in [4.78, 5) is 22.3. The molecule has 1 atom stereocenters. The molecule has 18 heavy (non-hydrogen) atoms. The van der Waals surface area contributed by atoms with E-state index in [9.17, 15) is 14.9 Å². The van der Waals surface area contributed by atoms with Crippen molar-refractivity contribution in [2.45, 2.75) is 25.8 Å². The van der Waals surface area contributed by atoms with Gasteiger partial charge in [0, 0.05) is 6.07 Å². The topological polar surface area (TPSA) is 84.3 Å². The van der Waals surface area contributed by atoms with Crippen LogP contribution in [0.3, 0.4) is 0 Å². The van der Waals surface area contributed by atoms with Crippen molar-refractivity contribution in [3.63, 3.8) is 0 Å². The molecule has 1 aliphatic rings. The van der Waals surface area contributed by atoms with Crippen LogP contribution in [-0.4, -0.2) is 23.4 Å². The molecular weight excluding hydrogens is 234 g/mol. The van der Waals surface area contributed by atoms with Gasteiger partial charge in [0.2, 0.25) is 5.91 Å². The number of benzene rings is 1. The van der Waals surface area contributed by atoms with E-state index in [1.54, 1.807) is 19.1 Å². The molecule has 0 bridgehead atoms. The van der Waals surface area contributed by atoms with Crippen molar-refractivity contribution in [2.75, 3.05) is 11.9 Å². The number of hydrogen-bond acceptors (Lipinski definition) is 4. The Balaban J connectivity index is 2.16. The summed E-state index contributed by atoms with van der Waals surface area (Å²) in [5.41, 5.74) is 1.00. The van der Waals surface area contributed by atoms with Crippen molar-refractivity contribution in [3.8, 4) is 0 Å². The van der Waals surface area contributed by atoms with Crippen molar-refractivity contribution < 1.29 is 9.72 Å². The van der Waals surface area contributed by atoms with Gasteiger partial charge < -0.3 is 10.6 Å². The molecule has 1 aliphatic heterocycles. The summed E-state index contributed by atoms with van der Waals surface area (Å²) in [6.45, 7) is 2.47. The minimum atomic E-state index is -0.446. The zero-order valence-corrected chi connectivity index (χ0v) is 10.1. The van der Waals surface area contributed by atoms with E-state index in [0.717, 1.165) is 19.4 Å². The Bertz CT molecular complexity index is 481. The first-order chi connectivity index (χ1) is 8.59. The van der Waals surface area contributed by atoms with Gasteiger partial charge >= 0.3 is 0 Å². The van der Waals surface area contributed by atoms with Crippen LogP contribution in [0.4, 0.5) is 11.4 Å². The van der Waals surface area contributed by atoms with Crippen molar-refractivity contribution in [1.82, 2.24) is 5.32 Å². The molecule has 0 spiro atoms. The smallest absolute Gasteiger partial charge is 0.274 e. The van der Waals surface area contributed by atoms with E-state index in [-0.39, 0.29) is 17.6 Å².